The van der Waals surface area contributed by atoms with E-state index >= 15 is 0 Å². The van der Waals surface area contributed by atoms with Crippen LogP contribution in [-0.2, 0) is 14.6 Å². The van der Waals surface area contributed by atoms with Gasteiger partial charge in [0.25, 0.3) is 0 Å². The number of rotatable bonds is 4. The molecule has 1 N–H and O–H groups in total. The molecule has 0 amide bonds. The fourth-order valence-electron chi connectivity index (χ4n) is 3.40. The largest absolute Gasteiger partial charge is 0.481 e. The SMILES string of the molecule is CC1=C(CC(=O)O)c2cc(C)c(C)cc2C1=Cc1ccc(S(C)(=O)=O)cc1. The average Bonchev–Trinajstić information content (AvgIpc) is 2.80. The Balaban J connectivity index is 2.15. The first-order valence-electron chi connectivity index (χ1n) is 8.63. The third-order valence-corrected chi connectivity index (χ3v) is 6.18. The van der Waals surface area contributed by atoms with E-state index in [1.165, 1.54) is 6.26 Å². The lowest BCUT2D eigenvalue weighted by molar-refractivity contribution is -0.135. The molecule has 0 heterocycles. The zero-order chi connectivity index (χ0) is 19.9. The van der Waals surface area contributed by atoms with Crippen molar-refractivity contribution < 1.29 is 18.3 Å². The van der Waals surface area contributed by atoms with Crippen molar-refractivity contribution >= 4 is 33.0 Å². The summed E-state index contributed by atoms with van der Waals surface area (Å²) in [6.45, 7) is 6.01. The number of hydrogen-bond donors (Lipinski definition) is 1. The van der Waals surface area contributed by atoms with E-state index in [2.05, 4.69) is 12.1 Å². The second-order valence-corrected chi connectivity index (χ2v) is 9.07. The van der Waals surface area contributed by atoms with Crippen molar-refractivity contribution in [2.75, 3.05) is 6.26 Å². The Bertz CT molecular complexity index is 1100. The molecule has 0 spiro atoms. The fraction of sp³-hybridized carbons (Fsp3) is 0.227. The lowest BCUT2D eigenvalue weighted by Crippen LogP contribution is -1.97. The second-order valence-electron chi connectivity index (χ2n) is 7.06. The van der Waals surface area contributed by atoms with E-state index in [1.807, 2.05) is 26.8 Å². The van der Waals surface area contributed by atoms with Crippen LogP contribution in [0.4, 0.5) is 0 Å². The van der Waals surface area contributed by atoms with Crippen molar-refractivity contribution in [3.8, 4) is 0 Å². The number of aryl methyl sites for hydroxylation is 2. The van der Waals surface area contributed by atoms with Crippen molar-refractivity contribution in [1.82, 2.24) is 0 Å². The van der Waals surface area contributed by atoms with Gasteiger partial charge in [-0.2, -0.15) is 0 Å². The van der Waals surface area contributed by atoms with Gasteiger partial charge in [-0.15, -0.1) is 0 Å². The molecular weight excluding hydrogens is 360 g/mol. The number of carboxylic acid groups (broad SMARTS) is 1. The molecule has 0 unspecified atom stereocenters. The van der Waals surface area contributed by atoms with Gasteiger partial charge < -0.3 is 5.11 Å². The lowest BCUT2D eigenvalue weighted by atomic mass is 9.96. The quantitative estimate of drug-likeness (QED) is 0.844. The van der Waals surface area contributed by atoms with E-state index in [0.717, 1.165) is 44.5 Å². The number of hydrogen-bond acceptors (Lipinski definition) is 3. The molecule has 2 aromatic rings. The van der Waals surface area contributed by atoms with E-state index in [4.69, 9.17) is 0 Å². The van der Waals surface area contributed by atoms with Crippen molar-refractivity contribution in [2.24, 2.45) is 0 Å². The number of fused-ring (bicyclic) bond motifs is 1. The van der Waals surface area contributed by atoms with Gasteiger partial charge in [0, 0.05) is 6.26 Å². The third kappa shape index (κ3) is 3.74. The van der Waals surface area contributed by atoms with Crippen LogP contribution in [0.15, 0.2) is 46.9 Å². The predicted octanol–water partition coefficient (Wildman–Crippen LogP) is 4.51. The number of benzene rings is 2. The van der Waals surface area contributed by atoms with Gasteiger partial charge in [-0.1, -0.05) is 24.3 Å². The molecule has 0 aliphatic heterocycles. The summed E-state index contributed by atoms with van der Waals surface area (Å²) in [4.78, 5) is 11.6. The molecule has 0 bridgehead atoms. The summed E-state index contributed by atoms with van der Waals surface area (Å²) in [5, 5.41) is 9.31. The first-order chi connectivity index (χ1) is 12.6. The summed E-state index contributed by atoms with van der Waals surface area (Å²) < 4.78 is 23.3. The molecular formula is C22H22O4S. The number of aliphatic carboxylic acids is 1. The fourth-order valence-corrected chi connectivity index (χ4v) is 4.03. The van der Waals surface area contributed by atoms with Crippen molar-refractivity contribution in [3.63, 3.8) is 0 Å². The summed E-state index contributed by atoms with van der Waals surface area (Å²) in [6.07, 6.45) is 3.15. The average molecular weight is 382 g/mol. The maximum absolute atomic E-state index is 11.6. The number of carbonyl (C=O) groups is 1. The summed E-state index contributed by atoms with van der Waals surface area (Å²) in [5.74, 6) is -0.854. The summed E-state index contributed by atoms with van der Waals surface area (Å²) >= 11 is 0. The van der Waals surface area contributed by atoms with Gasteiger partial charge >= 0.3 is 5.97 Å². The molecule has 1 aliphatic rings. The smallest absolute Gasteiger partial charge is 0.307 e. The van der Waals surface area contributed by atoms with Crippen LogP contribution in [0.3, 0.4) is 0 Å². The second kappa shape index (κ2) is 6.82. The van der Waals surface area contributed by atoms with Crippen LogP contribution in [0.1, 0.15) is 41.2 Å². The molecule has 0 saturated carbocycles. The molecule has 3 rings (SSSR count). The van der Waals surface area contributed by atoms with Crippen LogP contribution in [0.5, 0.6) is 0 Å². The van der Waals surface area contributed by atoms with Gasteiger partial charge in [0.15, 0.2) is 9.84 Å². The first kappa shape index (κ1) is 19.1. The van der Waals surface area contributed by atoms with E-state index in [-0.39, 0.29) is 11.3 Å². The number of sulfone groups is 1. The third-order valence-electron chi connectivity index (χ3n) is 5.05. The number of carboxylic acids is 1. The van der Waals surface area contributed by atoms with E-state index in [9.17, 15) is 18.3 Å². The van der Waals surface area contributed by atoms with Gasteiger partial charge in [0.2, 0.25) is 0 Å². The summed E-state index contributed by atoms with van der Waals surface area (Å²) in [5.41, 5.74) is 7.91. The first-order valence-corrected chi connectivity index (χ1v) is 10.5. The van der Waals surface area contributed by atoms with Gasteiger partial charge in [-0.3, -0.25) is 4.79 Å². The molecule has 27 heavy (non-hydrogen) atoms. The molecule has 4 nitrogen and oxygen atoms in total. The van der Waals surface area contributed by atoms with E-state index in [0.29, 0.717) is 0 Å². The molecule has 140 valence electrons. The predicted molar refractivity (Wildman–Crippen MR) is 108 cm³/mol. The zero-order valence-electron chi connectivity index (χ0n) is 15.8. The monoisotopic (exact) mass is 382 g/mol. The molecule has 0 radical (unpaired) electrons. The normalized spacial score (nSPS) is 15.3. The Hall–Kier alpha value is -2.66. The molecule has 0 atom stereocenters. The Kier molecular flexibility index (Phi) is 4.82. The molecule has 0 fully saturated rings. The maximum atomic E-state index is 11.6. The number of allylic oxidation sites excluding steroid dienone is 2. The maximum Gasteiger partial charge on any atom is 0.307 e. The zero-order valence-corrected chi connectivity index (χ0v) is 16.6. The highest BCUT2D eigenvalue weighted by Crippen LogP contribution is 2.44. The Labute approximate surface area is 159 Å². The highest BCUT2D eigenvalue weighted by atomic mass is 32.2. The van der Waals surface area contributed by atoms with Crippen LogP contribution >= 0.6 is 0 Å². The van der Waals surface area contributed by atoms with E-state index in [1.54, 1.807) is 24.3 Å². The Morgan fingerprint density at radius 3 is 2.07 bits per heavy atom. The summed E-state index contributed by atoms with van der Waals surface area (Å²) in [6, 6.07) is 10.9. The van der Waals surface area contributed by atoms with Crippen molar-refractivity contribution in [1.29, 1.82) is 0 Å². The molecule has 1 aliphatic carbocycles. The van der Waals surface area contributed by atoms with Crippen LogP contribution in [-0.4, -0.2) is 25.7 Å². The minimum Gasteiger partial charge on any atom is -0.481 e. The minimum atomic E-state index is -3.23. The van der Waals surface area contributed by atoms with Crippen LogP contribution in [0, 0.1) is 13.8 Å². The van der Waals surface area contributed by atoms with Gasteiger partial charge in [-0.25, -0.2) is 8.42 Å². The Morgan fingerprint density at radius 1 is 1.00 bits per heavy atom. The van der Waals surface area contributed by atoms with E-state index < -0.39 is 15.8 Å². The minimum absolute atomic E-state index is 0.0221. The van der Waals surface area contributed by atoms with Gasteiger partial charge in [-0.05, 0) is 83.5 Å². The molecule has 2 aromatic carbocycles. The van der Waals surface area contributed by atoms with Crippen molar-refractivity contribution in [2.45, 2.75) is 32.1 Å². The Morgan fingerprint density at radius 2 is 1.56 bits per heavy atom. The summed E-state index contributed by atoms with van der Waals surface area (Å²) in [7, 11) is -3.23. The standard InChI is InChI=1S/C22H22O4S/c1-13-9-20-18(11-16-5-7-17(8-6-16)27(4,25)26)15(3)19(12-22(23)24)21(20)10-14(13)2/h5-11H,12H2,1-4H3,(H,23,24). The van der Waals surface area contributed by atoms with Crippen LogP contribution in [0.25, 0.3) is 17.2 Å². The molecule has 0 saturated heterocycles. The lowest BCUT2D eigenvalue weighted by Gasteiger charge is -2.09. The molecule has 0 aromatic heterocycles. The van der Waals surface area contributed by atoms with Crippen LogP contribution in [0.2, 0.25) is 0 Å². The van der Waals surface area contributed by atoms with Crippen molar-refractivity contribution in [3.05, 3.63) is 69.8 Å². The topological polar surface area (TPSA) is 71.4 Å². The van der Waals surface area contributed by atoms with Gasteiger partial charge in [0.05, 0.1) is 11.3 Å². The highest BCUT2D eigenvalue weighted by molar-refractivity contribution is 7.90. The van der Waals surface area contributed by atoms with Crippen LogP contribution < -0.4 is 0 Å². The molecule has 5 heteroatoms. The highest BCUT2D eigenvalue weighted by Gasteiger charge is 2.25. The van der Waals surface area contributed by atoms with Gasteiger partial charge in [0.1, 0.15) is 0 Å².